The van der Waals surface area contributed by atoms with Crippen LogP contribution in [0, 0.1) is 0 Å². The summed E-state index contributed by atoms with van der Waals surface area (Å²) < 4.78 is 8.32. The number of hydrogen-bond acceptors (Lipinski definition) is 3. The van der Waals surface area contributed by atoms with E-state index in [0.29, 0.717) is 6.61 Å². The highest BCUT2D eigenvalue weighted by molar-refractivity contribution is 9.10. The van der Waals surface area contributed by atoms with Gasteiger partial charge in [-0.05, 0) is 35.9 Å². The Labute approximate surface area is 136 Å². The molecule has 1 aromatic heterocycles. The molecule has 2 nitrogen and oxygen atoms in total. The maximum Gasteiger partial charge on any atom is 0.125 e. The highest BCUT2D eigenvalue weighted by atomic mass is 79.9. The molecule has 0 unspecified atom stereocenters. The number of hydrogen-bond donors (Lipinski definition) is 1. The van der Waals surface area contributed by atoms with Crippen molar-refractivity contribution in [1.29, 1.82) is 0 Å². The molecule has 4 heteroatoms. The van der Waals surface area contributed by atoms with Crippen molar-refractivity contribution in [2.45, 2.75) is 19.6 Å². The first-order chi connectivity index (χ1) is 10.1. The van der Waals surface area contributed by atoms with E-state index < -0.39 is 0 Å². The fourth-order valence-electron chi connectivity index (χ4n) is 2.31. The molecular formula is C17H16BrNOS. The van der Waals surface area contributed by atoms with Gasteiger partial charge in [0.25, 0.3) is 0 Å². The van der Waals surface area contributed by atoms with Crippen molar-refractivity contribution in [3.63, 3.8) is 0 Å². The molecule has 3 rings (SSSR count). The van der Waals surface area contributed by atoms with Crippen LogP contribution in [0.15, 0.2) is 52.3 Å². The largest absolute Gasteiger partial charge is 0.488 e. The molecule has 0 aliphatic carbocycles. The number of fused-ring (bicyclic) bond motifs is 1. The SMILES string of the molecule is C[C@@H](N)c1ccc(Br)cc1OCc1csc2ccccc12. The van der Waals surface area contributed by atoms with E-state index in [1.54, 1.807) is 11.3 Å². The summed E-state index contributed by atoms with van der Waals surface area (Å²) in [6.07, 6.45) is 0. The average Bonchev–Trinajstić information content (AvgIpc) is 2.88. The van der Waals surface area contributed by atoms with Crippen molar-refractivity contribution in [2.75, 3.05) is 0 Å². The van der Waals surface area contributed by atoms with E-state index in [2.05, 4.69) is 45.6 Å². The Morgan fingerprint density at radius 2 is 2.05 bits per heavy atom. The lowest BCUT2D eigenvalue weighted by Gasteiger charge is -2.14. The molecule has 0 fully saturated rings. The average molecular weight is 362 g/mol. The second-order valence-corrected chi connectivity index (χ2v) is 6.84. The number of rotatable bonds is 4. The molecule has 3 aromatic rings. The van der Waals surface area contributed by atoms with Gasteiger partial charge in [0.15, 0.2) is 0 Å². The number of thiophene rings is 1. The van der Waals surface area contributed by atoms with Gasteiger partial charge in [-0.3, -0.25) is 0 Å². The monoisotopic (exact) mass is 361 g/mol. The quantitative estimate of drug-likeness (QED) is 0.687. The van der Waals surface area contributed by atoms with E-state index in [1.165, 1.54) is 15.6 Å². The van der Waals surface area contributed by atoms with Crippen LogP contribution in [0.3, 0.4) is 0 Å². The standard InChI is InChI=1S/C17H16BrNOS/c1-11(19)14-7-6-13(18)8-16(14)20-9-12-10-21-17-5-3-2-4-15(12)17/h2-8,10-11H,9,19H2,1H3/t11-/m1/s1. The highest BCUT2D eigenvalue weighted by Gasteiger charge is 2.10. The van der Waals surface area contributed by atoms with Crippen molar-refractivity contribution in [2.24, 2.45) is 5.73 Å². The molecule has 0 aliphatic heterocycles. The predicted octanol–water partition coefficient (Wildman–Crippen LogP) is 5.26. The molecule has 2 N–H and O–H groups in total. The minimum atomic E-state index is -0.0488. The summed E-state index contributed by atoms with van der Waals surface area (Å²) in [6, 6.07) is 14.3. The van der Waals surface area contributed by atoms with Crippen LogP contribution < -0.4 is 10.5 Å². The van der Waals surface area contributed by atoms with Crippen LogP contribution in [0.5, 0.6) is 5.75 Å². The van der Waals surface area contributed by atoms with Crippen LogP contribution in [-0.4, -0.2) is 0 Å². The third-order valence-corrected chi connectivity index (χ3v) is 4.92. The van der Waals surface area contributed by atoms with Gasteiger partial charge in [0.1, 0.15) is 12.4 Å². The number of halogens is 1. The first kappa shape index (κ1) is 14.6. The first-order valence-corrected chi connectivity index (χ1v) is 8.45. The molecule has 0 spiro atoms. The summed E-state index contributed by atoms with van der Waals surface area (Å²) in [4.78, 5) is 0. The minimum absolute atomic E-state index is 0.0488. The number of benzene rings is 2. The number of ether oxygens (including phenoxy) is 1. The van der Waals surface area contributed by atoms with E-state index in [0.717, 1.165) is 15.8 Å². The highest BCUT2D eigenvalue weighted by Crippen LogP contribution is 2.30. The lowest BCUT2D eigenvalue weighted by molar-refractivity contribution is 0.303. The topological polar surface area (TPSA) is 35.2 Å². The number of nitrogens with two attached hydrogens (primary N) is 1. The molecule has 0 aliphatic rings. The molecule has 2 aromatic carbocycles. The zero-order chi connectivity index (χ0) is 14.8. The van der Waals surface area contributed by atoms with Gasteiger partial charge in [0.2, 0.25) is 0 Å². The zero-order valence-corrected chi connectivity index (χ0v) is 14.1. The summed E-state index contributed by atoms with van der Waals surface area (Å²) >= 11 is 5.23. The molecule has 0 amide bonds. The second kappa shape index (κ2) is 6.18. The van der Waals surface area contributed by atoms with Gasteiger partial charge in [-0.1, -0.05) is 40.2 Å². The summed E-state index contributed by atoms with van der Waals surface area (Å²) in [5, 5.41) is 3.42. The molecular weight excluding hydrogens is 346 g/mol. The van der Waals surface area contributed by atoms with E-state index in [4.69, 9.17) is 10.5 Å². The molecule has 0 radical (unpaired) electrons. The maximum atomic E-state index is 6.03. The third kappa shape index (κ3) is 3.12. The van der Waals surface area contributed by atoms with Crippen LogP contribution in [0.25, 0.3) is 10.1 Å². The Balaban J connectivity index is 1.86. The Bertz CT molecular complexity index is 766. The second-order valence-electron chi connectivity index (χ2n) is 5.02. The molecule has 1 heterocycles. The van der Waals surface area contributed by atoms with Crippen LogP contribution in [0.4, 0.5) is 0 Å². The molecule has 0 saturated heterocycles. The molecule has 0 bridgehead atoms. The lowest BCUT2D eigenvalue weighted by atomic mass is 10.1. The smallest absolute Gasteiger partial charge is 0.125 e. The fraction of sp³-hybridized carbons (Fsp3) is 0.176. The normalized spacial score (nSPS) is 12.5. The van der Waals surface area contributed by atoms with Crippen molar-refractivity contribution < 1.29 is 4.74 Å². The lowest BCUT2D eigenvalue weighted by Crippen LogP contribution is -2.08. The van der Waals surface area contributed by atoms with E-state index in [-0.39, 0.29) is 6.04 Å². The van der Waals surface area contributed by atoms with Gasteiger partial charge < -0.3 is 10.5 Å². The van der Waals surface area contributed by atoms with Gasteiger partial charge in [0.05, 0.1) is 0 Å². The Hall–Kier alpha value is -1.36. The van der Waals surface area contributed by atoms with Crippen molar-refractivity contribution in [1.82, 2.24) is 0 Å². The van der Waals surface area contributed by atoms with E-state index in [9.17, 15) is 0 Å². The summed E-state index contributed by atoms with van der Waals surface area (Å²) in [5.41, 5.74) is 8.25. The van der Waals surface area contributed by atoms with Crippen LogP contribution in [-0.2, 0) is 6.61 Å². The maximum absolute atomic E-state index is 6.03. The molecule has 1 atom stereocenters. The van der Waals surface area contributed by atoms with Gasteiger partial charge in [-0.2, -0.15) is 0 Å². The fourth-order valence-corrected chi connectivity index (χ4v) is 3.60. The first-order valence-electron chi connectivity index (χ1n) is 6.78. The van der Waals surface area contributed by atoms with Gasteiger partial charge in [-0.25, -0.2) is 0 Å². The Kier molecular flexibility index (Phi) is 4.29. The van der Waals surface area contributed by atoms with E-state index >= 15 is 0 Å². The van der Waals surface area contributed by atoms with Crippen LogP contribution in [0.2, 0.25) is 0 Å². The Morgan fingerprint density at radius 3 is 2.86 bits per heavy atom. The molecule has 21 heavy (non-hydrogen) atoms. The summed E-state index contributed by atoms with van der Waals surface area (Å²) in [6.45, 7) is 2.52. The minimum Gasteiger partial charge on any atom is -0.488 e. The summed E-state index contributed by atoms with van der Waals surface area (Å²) in [7, 11) is 0. The predicted molar refractivity (Wildman–Crippen MR) is 92.9 cm³/mol. The van der Waals surface area contributed by atoms with Crippen LogP contribution in [0.1, 0.15) is 24.1 Å². The zero-order valence-electron chi connectivity index (χ0n) is 11.7. The van der Waals surface area contributed by atoms with Crippen LogP contribution >= 0.6 is 27.3 Å². The van der Waals surface area contributed by atoms with Gasteiger partial charge >= 0.3 is 0 Å². The van der Waals surface area contributed by atoms with Gasteiger partial charge in [-0.15, -0.1) is 11.3 Å². The summed E-state index contributed by atoms with van der Waals surface area (Å²) in [5.74, 6) is 0.842. The van der Waals surface area contributed by atoms with Gasteiger partial charge in [0, 0.05) is 26.3 Å². The molecule has 0 saturated carbocycles. The molecule has 108 valence electrons. The van der Waals surface area contributed by atoms with Crippen molar-refractivity contribution >= 4 is 37.4 Å². The van der Waals surface area contributed by atoms with E-state index in [1.807, 2.05) is 25.1 Å². The third-order valence-electron chi connectivity index (χ3n) is 3.41. The van der Waals surface area contributed by atoms with Crippen molar-refractivity contribution in [3.05, 3.63) is 63.4 Å². The van der Waals surface area contributed by atoms with Crippen molar-refractivity contribution in [3.8, 4) is 5.75 Å². The Morgan fingerprint density at radius 1 is 1.24 bits per heavy atom.